The van der Waals surface area contributed by atoms with Crippen LogP contribution in [0.5, 0.6) is 11.5 Å². The molecule has 29 heavy (non-hydrogen) atoms. The normalized spacial score (nSPS) is 10.2. The maximum atomic E-state index is 11.9. The Kier molecular flexibility index (Phi) is 8.62. The highest BCUT2D eigenvalue weighted by Gasteiger charge is 2.20. The van der Waals surface area contributed by atoms with Crippen molar-refractivity contribution in [1.29, 1.82) is 0 Å². The Hall–Kier alpha value is -3.42. The quantitative estimate of drug-likeness (QED) is 0.620. The smallest absolute Gasteiger partial charge is 0.409 e. The van der Waals surface area contributed by atoms with E-state index in [4.69, 9.17) is 18.9 Å². The van der Waals surface area contributed by atoms with Crippen LogP contribution in [-0.2, 0) is 16.1 Å². The van der Waals surface area contributed by atoms with E-state index >= 15 is 0 Å². The molecule has 8 heteroatoms. The van der Waals surface area contributed by atoms with Crippen molar-refractivity contribution in [1.82, 2.24) is 10.6 Å². The first-order valence-corrected chi connectivity index (χ1v) is 9.28. The number of nitrogens with one attached hydrogen (secondary N) is 2. The molecule has 0 aliphatic heterocycles. The van der Waals surface area contributed by atoms with E-state index in [0.29, 0.717) is 23.7 Å². The molecular formula is C21H26N2O6. The number of carbonyl (C=O) groups excluding carboxylic acids is 2. The Labute approximate surface area is 170 Å². The van der Waals surface area contributed by atoms with E-state index in [1.54, 1.807) is 32.0 Å². The summed E-state index contributed by atoms with van der Waals surface area (Å²) in [6.07, 6.45) is -2.21. The van der Waals surface area contributed by atoms with Crippen molar-refractivity contribution in [3.05, 3.63) is 59.7 Å². The third-order valence-electron chi connectivity index (χ3n) is 3.83. The van der Waals surface area contributed by atoms with Crippen molar-refractivity contribution in [2.24, 2.45) is 0 Å². The fourth-order valence-corrected chi connectivity index (χ4v) is 2.50. The lowest BCUT2D eigenvalue weighted by molar-refractivity contribution is 0.135. The molecule has 0 atom stereocenters. The molecule has 0 unspecified atom stereocenters. The van der Waals surface area contributed by atoms with Gasteiger partial charge in [-0.15, -0.1) is 0 Å². The van der Waals surface area contributed by atoms with Gasteiger partial charge in [0.1, 0.15) is 12.8 Å². The van der Waals surface area contributed by atoms with Crippen LogP contribution in [0.15, 0.2) is 48.5 Å². The molecule has 2 aromatic carbocycles. The van der Waals surface area contributed by atoms with Crippen LogP contribution in [0.4, 0.5) is 9.59 Å². The van der Waals surface area contributed by atoms with Crippen molar-refractivity contribution < 1.29 is 28.5 Å². The molecule has 0 aliphatic rings. The SMILES string of the molecule is CCOC(=O)NC(NC(=O)OCC)c1ccc(OCc2ccccc2)c(OC)c1. The van der Waals surface area contributed by atoms with Crippen LogP contribution in [0, 0.1) is 0 Å². The Bertz CT molecular complexity index is 777. The van der Waals surface area contributed by atoms with Gasteiger partial charge in [-0.2, -0.15) is 0 Å². The maximum absolute atomic E-state index is 11.9. The number of methoxy groups -OCH3 is 1. The van der Waals surface area contributed by atoms with E-state index < -0.39 is 18.4 Å². The first kappa shape index (κ1) is 21.9. The van der Waals surface area contributed by atoms with Gasteiger partial charge in [0, 0.05) is 0 Å². The third-order valence-corrected chi connectivity index (χ3v) is 3.83. The lowest BCUT2D eigenvalue weighted by atomic mass is 10.1. The highest BCUT2D eigenvalue weighted by molar-refractivity contribution is 5.71. The van der Waals surface area contributed by atoms with Crippen LogP contribution in [0.3, 0.4) is 0 Å². The first-order chi connectivity index (χ1) is 14.1. The highest BCUT2D eigenvalue weighted by atomic mass is 16.6. The van der Waals surface area contributed by atoms with E-state index in [9.17, 15) is 9.59 Å². The average Bonchev–Trinajstić information content (AvgIpc) is 2.72. The zero-order valence-electron chi connectivity index (χ0n) is 16.8. The summed E-state index contributed by atoms with van der Waals surface area (Å²) in [6.45, 7) is 4.16. The van der Waals surface area contributed by atoms with Crippen LogP contribution in [-0.4, -0.2) is 32.5 Å². The van der Waals surface area contributed by atoms with Crippen LogP contribution < -0.4 is 20.1 Å². The van der Waals surface area contributed by atoms with Gasteiger partial charge in [0.25, 0.3) is 0 Å². The van der Waals surface area contributed by atoms with Gasteiger partial charge < -0.3 is 18.9 Å². The van der Waals surface area contributed by atoms with E-state index in [-0.39, 0.29) is 13.2 Å². The largest absolute Gasteiger partial charge is 0.493 e. The van der Waals surface area contributed by atoms with Gasteiger partial charge in [0.05, 0.1) is 20.3 Å². The minimum absolute atomic E-state index is 0.202. The molecule has 0 aliphatic carbocycles. The van der Waals surface area contributed by atoms with Gasteiger partial charge in [-0.05, 0) is 37.1 Å². The minimum atomic E-state index is -0.870. The summed E-state index contributed by atoms with van der Waals surface area (Å²) >= 11 is 0. The maximum Gasteiger partial charge on any atom is 0.409 e. The fourth-order valence-electron chi connectivity index (χ4n) is 2.50. The Morgan fingerprint density at radius 3 is 2.07 bits per heavy atom. The summed E-state index contributed by atoms with van der Waals surface area (Å²) in [5.74, 6) is 0.992. The summed E-state index contributed by atoms with van der Waals surface area (Å²) in [5.41, 5.74) is 1.58. The van der Waals surface area contributed by atoms with Gasteiger partial charge in [-0.1, -0.05) is 36.4 Å². The predicted molar refractivity (Wildman–Crippen MR) is 107 cm³/mol. The Morgan fingerprint density at radius 2 is 1.52 bits per heavy atom. The second-order valence-corrected chi connectivity index (χ2v) is 5.85. The molecule has 2 rings (SSSR count). The van der Waals surface area contributed by atoms with Crippen LogP contribution in [0.25, 0.3) is 0 Å². The van der Waals surface area contributed by atoms with Gasteiger partial charge in [0.2, 0.25) is 0 Å². The number of alkyl carbamates (subject to hydrolysis) is 2. The number of hydrogen-bond donors (Lipinski definition) is 2. The molecule has 2 N–H and O–H groups in total. The second-order valence-electron chi connectivity index (χ2n) is 5.85. The second kappa shape index (κ2) is 11.4. The molecule has 0 saturated heterocycles. The molecule has 0 saturated carbocycles. The fraction of sp³-hybridized carbons (Fsp3) is 0.333. The van der Waals surface area contributed by atoms with E-state index in [0.717, 1.165) is 5.56 Å². The van der Waals surface area contributed by atoms with E-state index in [2.05, 4.69) is 10.6 Å². The molecule has 0 radical (unpaired) electrons. The minimum Gasteiger partial charge on any atom is -0.493 e. The standard InChI is InChI=1S/C21H26N2O6/c1-4-27-20(24)22-19(23-21(25)28-5-2)16-11-12-17(18(13-16)26-3)29-14-15-9-7-6-8-10-15/h6-13,19H,4-5,14H2,1-3H3,(H,22,24)(H,23,25). The van der Waals surface area contributed by atoms with Gasteiger partial charge in [-0.3, -0.25) is 10.6 Å². The third kappa shape index (κ3) is 6.91. The molecule has 0 aromatic heterocycles. The van der Waals surface area contributed by atoms with E-state index in [1.807, 2.05) is 30.3 Å². The number of hydrogen-bond acceptors (Lipinski definition) is 6. The molecule has 0 heterocycles. The summed E-state index contributed by atoms with van der Waals surface area (Å²) in [7, 11) is 1.51. The number of carbonyl (C=O) groups is 2. The Balaban J connectivity index is 2.18. The molecule has 8 nitrogen and oxygen atoms in total. The lowest BCUT2D eigenvalue weighted by Crippen LogP contribution is -2.41. The topological polar surface area (TPSA) is 95.1 Å². The van der Waals surface area contributed by atoms with Crippen LogP contribution in [0.1, 0.15) is 31.1 Å². The van der Waals surface area contributed by atoms with Crippen molar-refractivity contribution in [2.45, 2.75) is 26.6 Å². The van der Waals surface area contributed by atoms with Crippen molar-refractivity contribution in [3.63, 3.8) is 0 Å². The monoisotopic (exact) mass is 402 g/mol. The number of benzene rings is 2. The van der Waals surface area contributed by atoms with Crippen molar-refractivity contribution >= 4 is 12.2 Å². The van der Waals surface area contributed by atoms with Crippen LogP contribution in [0.2, 0.25) is 0 Å². The zero-order valence-corrected chi connectivity index (χ0v) is 16.8. The van der Waals surface area contributed by atoms with Gasteiger partial charge in [-0.25, -0.2) is 9.59 Å². The van der Waals surface area contributed by atoms with Crippen LogP contribution >= 0.6 is 0 Å². The van der Waals surface area contributed by atoms with Crippen molar-refractivity contribution in [2.75, 3.05) is 20.3 Å². The first-order valence-electron chi connectivity index (χ1n) is 9.28. The average molecular weight is 402 g/mol. The summed E-state index contributed by atoms with van der Waals surface area (Å²) in [6, 6.07) is 14.8. The molecule has 2 amide bonds. The van der Waals surface area contributed by atoms with Gasteiger partial charge >= 0.3 is 12.2 Å². The zero-order chi connectivity index (χ0) is 21.1. The number of amides is 2. The molecule has 0 fully saturated rings. The lowest BCUT2D eigenvalue weighted by Gasteiger charge is -2.21. The van der Waals surface area contributed by atoms with Gasteiger partial charge in [0.15, 0.2) is 11.5 Å². The summed E-state index contributed by atoms with van der Waals surface area (Å²) in [5, 5.41) is 5.17. The predicted octanol–water partition coefficient (Wildman–Crippen LogP) is 3.77. The summed E-state index contributed by atoms with van der Waals surface area (Å²) in [4.78, 5) is 23.7. The molecule has 156 valence electrons. The molecular weight excluding hydrogens is 376 g/mol. The highest BCUT2D eigenvalue weighted by Crippen LogP contribution is 2.30. The molecule has 2 aromatic rings. The number of rotatable bonds is 9. The Morgan fingerprint density at radius 1 is 0.897 bits per heavy atom. The van der Waals surface area contributed by atoms with E-state index in [1.165, 1.54) is 7.11 Å². The van der Waals surface area contributed by atoms with Crippen molar-refractivity contribution in [3.8, 4) is 11.5 Å². The summed E-state index contributed by atoms with van der Waals surface area (Å²) < 4.78 is 21.1. The molecule has 0 spiro atoms. The molecule has 0 bridgehead atoms. The number of ether oxygens (including phenoxy) is 4.